The van der Waals surface area contributed by atoms with Gasteiger partial charge in [-0.05, 0) is 24.3 Å². The average molecular weight is 216 g/mol. The van der Waals surface area contributed by atoms with Crippen molar-refractivity contribution in [1.82, 2.24) is 0 Å². The minimum Gasteiger partial charge on any atom is -0.255 e. The quantitative estimate of drug-likeness (QED) is 0.768. The Morgan fingerprint density at radius 1 is 1.08 bits per heavy atom. The molecule has 2 nitrogen and oxygen atoms in total. The first kappa shape index (κ1) is 10.6. The van der Waals surface area contributed by atoms with Gasteiger partial charge in [0.05, 0.1) is 10.8 Å². The topological polar surface area (TPSA) is 34.1 Å². The van der Waals surface area contributed by atoms with E-state index in [4.69, 9.17) is 0 Å². The van der Waals surface area contributed by atoms with Crippen LogP contribution in [0, 0.1) is 0 Å². The zero-order valence-electron chi connectivity index (χ0n) is 7.65. The predicted octanol–water partition coefficient (Wildman–Crippen LogP) is 1.55. The van der Waals surface area contributed by atoms with Crippen molar-refractivity contribution in [1.29, 1.82) is 0 Å². The van der Waals surface area contributed by atoms with Gasteiger partial charge in [0.25, 0.3) is 0 Å². The first-order chi connectivity index (χ1) is 6.15. The molecule has 72 valence electrons. The summed E-state index contributed by atoms with van der Waals surface area (Å²) in [6.45, 7) is 1.88. The molecule has 1 aromatic rings. The molecule has 13 heavy (non-hydrogen) atoms. The standard InChI is InChI=1S/C9H12O2S2/c1-3-13(11)9-6-4-8(5-7-9)12(2)10/h4-7H,3H2,1-2H3. The summed E-state index contributed by atoms with van der Waals surface area (Å²) in [5, 5.41) is 0. The Hall–Kier alpha value is -0.480. The van der Waals surface area contributed by atoms with Gasteiger partial charge in [0.2, 0.25) is 0 Å². The molecule has 0 spiro atoms. The minimum atomic E-state index is -0.951. The Labute approximate surface area is 83.3 Å². The van der Waals surface area contributed by atoms with E-state index in [9.17, 15) is 8.42 Å². The molecule has 0 saturated heterocycles. The molecule has 0 N–H and O–H groups in total. The lowest BCUT2D eigenvalue weighted by atomic mass is 10.4. The van der Waals surface area contributed by atoms with Crippen LogP contribution in [0.4, 0.5) is 0 Å². The molecule has 0 bridgehead atoms. The fourth-order valence-electron chi connectivity index (χ4n) is 0.950. The van der Waals surface area contributed by atoms with E-state index >= 15 is 0 Å². The number of hydrogen-bond donors (Lipinski definition) is 0. The molecule has 1 aromatic carbocycles. The van der Waals surface area contributed by atoms with Gasteiger partial charge in [-0.2, -0.15) is 0 Å². The normalized spacial score (nSPS) is 15.2. The van der Waals surface area contributed by atoms with Gasteiger partial charge < -0.3 is 0 Å². The van der Waals surface area contributed by atoms with E-state index in [2.05, 4.69) is 0 Å². The second-order valence-corrected chi connectivity index (χ2v) is 5.68. The summed E-state index contributed by atoms with van der Waals surface area (Å²) < 4.78 is 22.4. The molecule has 0 aliphatic rings. The average Bonchev–Trinajstić information content (AvgIpc) is 2.17. The molecule has 1 rings (SSSR count). The Kier molecular flexibility index (Phi) is 3.81. The zero-order valence-corrected chi connectivity index (χ0v) is 9.28. The predicted molar refractivity (Wildman–Crippen MR) is 55.7 cm³/mol. The van der Waals surface area contributed by atoms with Gasteiger partial charge >= 0.3 is 0 Å². The molecule has 2 unspecified atom stereocenters. The van der Waals surface area contributed by atoms with Crippen LogP contribution in [0.5, 0.6) is 0 Å². The maximum Gasteiger partial charge on any atom is 0.0526 e. The van der Waals surface area contributed by atoms with Crippen molar-refractivity contribution in [3.63, 3.8) is 0 Å². The van der Waals surface area contributed by atoms with Crippen molar-refractivity contribution in [3.05, 3.63) is 24.3 Å². The highest BCUT2D eigenvalue weighted by atomic mass is 32.2. The second kappa shape index (κ2) is 4.67. The lowest BCUT2D eigenvalue weighted by Crippen LogP contribution is -1.94. The van der Waals surface area contributed by atoms with E-state index in [1.165, 1.54) is 0 Å². The van der Waals surface area contributed by atoms with E-state index in [0.29, 0.717) is 5.75 Å². The van der Waals surface area contributed by atoms with Gasteiger partial charge in [-0.25, -0.2) is 0 Å². The van der Waals surface area contributed by atoms with Gasteiger partial charge in [-0.3, -0.25) is 8.42 Å². The lowest BCUT2D eigenvalue weighted by molar-refractivity contribution is 0.682. The smallest absolute Gasteiger partial charge is 0.0526 e. The fraction of sp³-hybridized carbons (Fsp3) is 0.333. The van der Waals surface area contributed by atoms with Crippen molar-refractivity contribution in [3.8, 4) is 0 Å². The molecule has 0 amide bonds. The molecule has 0 heterocycles. The molecule has 0 aliphatic heterocycles. The largest absolute Gasteiger partial charge is 0.255 e. The summed E-state index contributed by atoms with van der Waals surface area (Å²) in [4.78, 5) is 1.58. The van der Waals surface area contributed by atoms with E-state index in [0.717, 1.165) is 9.79 Å². The fourth-order valence-corrected chi connectivity index (χ4v) is 2.24. The minimum absolute atomic E-state index is 0.620. The summed E-state index contributed by atoms with van der Waals surface area (Å²) in [6, 6.07) is 7.07. The Bertz CT molecular complexity index is 330. The summed E-state index contributed by atoms with van der Waals surface area (Å²) in [5.74, 6) is 0.620. The van der Waals surface area contributed by atoms with Gasteiger partial charge in [-0.15, -0.1) is 0 Å². The van der Waals surface area contributed by atoms with Crippen molar-refractivity contribution < 1.29 is 8.42 Å². The van der Waals surface area contributed by atoms with Crippen LogP contribution < -0.4 is 0 Å². The van der Waals surface area contributed by atoms with Crippen molar-refractivity contribution in [2.75, 3.05) is 12.0 Å². The van der Waals surface area contributed by atoms with Crippen molar-refractivity contribution >= 4 is 21.6 Å². The van der Waals surface area contributed by atoms with Crippen LogP contribution in [0.3, 0.4) is 0 Å². The zero-order chi connectivity index (χ0) is 9.84. The Morgan fingerprint density at radius 2 is 1.54 bits per heavy atom. The van der Waals surface area contributed by atoms with E-state index < -0.39 is 21.6 Å². The number of hydrogen-bond acceptors (Lipinski definition) is 2. The SMILES string of the molecule is CCS(=O)c1ccc(S(C)=O)cc1. The molecule has 2 atom stereocenters. The third-order valence-electron chi connectivity index (χ3n) is 1.68. The molecule has 0 aromatic heterocycles. The Balaban J connectivity index is 2.93. The van der Waals surface area contributed by atoms with E-state index in [1.807, 2.05) is 6.92 Å². The third-order valence-corrected chi connectivity index (χ3v) is 3.94. The van der Waals surface area contributed by atoms with Crippen LogP contribution in [0.15, 0.2) is 34.1 Å². The van der Waals surface area contributed by atoms with E-state index in [1.54, 1.807) is 30.5 Å². The molecule has 0 fully saturated rings. The van der Waals surface area contributed by atoms with Crippen LogP contribution in [0.1, 0.15) is 6.92 Å². The summed E-state index contributed by atoms with van der Waals surface area (Å²) in [5.41, 5.74) is 0. The maximum atomic E-state index is 11.3. The molecule has 0 radical (unpaired) electrons. The molecule has 0 saturated carbocycles. The van der Waals surface area contributed by atoms with Gasteiger partial charge in [-0.1, -0.05) is 6.92 Å². The maximum absolute atomic E-state index is 11.3. The highest BCUT2D eigenvalue weighted by Gasteiger charge is 2.01. The van der Waals surface area contributed by atoms with Crippen LogP contribution in [-0.2, 0) is 21.6 Å². The van der Waals surface area contributed by atoms with Gasteiger partial charge in [0.1, 0.15) is 0 Å². The van der Waals surface area contributed by atoms with Crippen LogP contribution in [-0.4, -0.2) is 20.4 Å². The monoisotopic (exact) mass is 216 g/mol. The summed E-state index contributed by atoms with van der Waals surface area (Å²) in [6.07, 6.45) is 1.63. The molecule has 0 aliphatic carbocycles. The molecule has 4 heteroatoms. The lowest BCUT2D eigenvalue weighted by Gasteiger charge is -1.99. The second-order valence-electron chi connectivity index (χ2n) is 2.56. The van der Waals surface area contributed by atoms with Crippen molar-refractivity contribution in [2.45, 2.75) is 16.7 Å². The first-order valence-corrected chi connectivity index (χ1v) is 6.84. The molecular formula is C9H12O2S2. The Morgan fingerprint density at radius 3 is 1.92 bits per heavy atom. The van der Waals surface area contributed by atoms with Crippen LogP contribution >= 0.6 is 0 Å². The highest BCUT2D eigenvalue weighted by Crippen LogP contribution is 2.10. The third kappa shape index (κ3) is 2.74. The van der Waals surface area contributed by atoms with Crippen LogP contribution in [0.25, 0.3) is 0 Å². The van der Waals surface area contributed by atoms with Crippen LogP contribution in [0.2, 0.25) is 0 Å². The van der Waals surface area contributed by atoms with Crippen molar-refractivity contribution in [2.24, 2.45) is 0 Å². The van der Waals surface area contributed by atoms with E-state index in [-0.39, 0.29) is 0 Å². The first-order valence-electron chi connectivity index (χ1n) is 3.97. The van der Waals surface area contributed by atoms with Gasteiger partial charge in [0, 0.05) is 32.6 Å². The number of benzene rings is 1. The summed E-state index contributed by atoms with van der Waals surface area (Å²) >= 11 is 0. The van der Waals surface area contributed by atoms with Gasteiger partial charge in [0.15, 0.2) is 0 Å². The molecular weight excluding hydrogens is 204 g/mol. The highest BCUT2D eigenvalue weighted by molar-refractivity contribution is 7.85. The summed E-state index contributed by atoms with van der Waals surface area (Å²) in [7, 11) is -1.86. The number of rotatable bonds is 3.